The van der Waals surface area contributed by atoms with E-state index in [9.17, 15) is 13.2 Å². The lowest BCUT2D eigenvalue weighted by molar-refractivity contribution is -0.137. The first-order chi connectivity index (χ1) is 9.77. The quantitative estimate of drug-likeness (QED) is 0.913. The molecular weight excluding hydrogens is 279 g/mol. The van der Waals surface area contributed by atoms with E-state index in [1.165, 1.54) is 12.1 Å². The van der Waals surface area contributed by atoms with Gasteiger partial charge in [0.25, 0.3) is 0 Å². The second-order valence-corrected chi connectivity index (χ2v) is 5.40. The molecule has 0 spiro atoms. The van der Waals surface area contributed by atoms with Gasteiger partial charge in [0.05, 0.1) is 11.3 Å². The average Bonchev–Trinajstić information content (AvgIpc) is 2.77. The van der Waals surface area contributed by atoms with E-state index in [4.69, 9.17) is 0 Å². The molecule has 0 bridgehead atoms. The van der Waals surface area contributed by atoms with Gasteiger partial charge < -0.3 is 5.32 Å². The molecule has 1 aromatic heterocycles. The number of benzene rings is 1. The third-order valence-electron chi connectivity index (χ3n) is 2.97. The van der Waals surface area contributed by atoms with Gasteiger partial charge in [0.2, 0.25) is 5.95 Å². The van der Waals surface area contributed by atoms with Gasteiger partial charge in [-0.15, -0.1) is 0 Å². The van der Waals surface area contributed by atoms with Gasteiger partial charge in [-0.1, -0.05) is 13.8 Å². The second kappa shape index (κ2) is 5.79. The third-order valence-corrected chi connectivity index (χ3v) is 2.97. The molecule has 0 aliphatic rings. The first kappa shape index (κ1) is 15.4. The highest BCUT2D eigenvalue weighted by Gasteiger charge is 2.30. The standard InChI is InChI=1S/C15H18F3N3/c1-10(2)8-19-14-20-11(3)9-21(14)13-6-4-12(5-7-13)15(16,17)18/h4-7,9-10H,8H2,1-3H3,(H,19,20). The SMILES string of the molecule is Cc1cn(-c2ccc(C(F)(F)F)cc2)c(NCC(C)C)n1. The number of nitrogens with zero attached hydrogens (tertiary/aromatic N) is 2. The summed E-state index contributed by atoms with van der Waals surface area (Å²) in [5.41, 5.74) is 0.802. The molecule has 0 atom stereocenters. The van der Waals surface area contributed by atoms with E-state index in [1.807, 2.05) is 6.92 Å². The molecule has 1 N–H and O–H groups in total. The fraction of sp³-hybridized carbons (Fsp3) is 0.400. The number of anilines is 1. The van der Waals surface area contributed by atoms with Crippen molar-refractivity contribution in [3.63, 3.8) is 0 Å². The number of nitrogens with one attached hydrogen (secondary N) is 1. The van der Waals surface area contributed by atoms with Crippen LogP contribution in [-0.2, 0) is 6.18 Å². The average molecular weight is 297 g/mol. The molecule has 2 rings (SSSR count). The predicted octanol–water partition coefficient (Wildman–Crippen LogP) is 4.27. The Morgan fingerprint density at radius 3 is 2.33 bits per heavy atom. The fourth-order valence-electron chi connectivity index (χ4n) is 1.93. The lowest BCUT2D eigenvalue weighted by atomic mass is 10.2. The lowest BCUT2D eigenvalue weighted by Crippen LogP contribution is -2.12. The van der Waals surface area contributed by atoms with E-state index in [-0.39, 0.29) is 0 Å². The van der Waals surface area contributed by atoms with Crippen LogP contribution in [0.4, 0.5) is 19.1 Å². The van der Waals surface area contributed by atoms with Crippen molar-refractivity contribution in [3.8, 4) is 5.69 Å². The Morgan fingerprint density at radius 1 is 1.19 bits per heavy atom. The molecule has 21 heavy (non-hydrogen) atoms. The van der Waals surface area contributed by atoms with Crippen LogP contribution in [0.2, 0.25) is 0 Å². The number of aromatic nitrogens is 2. The number of halogens is 3. The van der Waals surface area contributed by atoms with Crippen molar-refractivity contribution in [2.45, 2.75) is 26.9 Å². The van der Waals surface area contributed by atoms with E-state index in [2.05, 4.69) is 24.1 Å². The fourth-order valence-corrected chi connectivity index (χ4v) is 1.93. The highest BCUT2D eigenvalue weighted by Crippen LogP contribution is 2.30. The third kappa shape index (κ3) is 3.77. The zero-order valence-corrected chi connectivity index (χ0v) is 12.2. The van der Waals surface area contributed by atoms with Gasteiger partial charge in [0.1, 0.15) is 0 Å². The zero-order valence-electron chi connectivity index (χ0n) is 12.2. The second-order valence-electron chi connectivity index (χ2n) is 5.40. The first-order valence-corrected chi connectivity index (χ1v) is 6.75. The van der Waals surface area contributed by atoms with Crippen LogP contribution in [0.5, 0.6) is 0 Å². The number of hydrogen-bond donors (Lipinski definition) is 1. The zero-order chi connectivity index (χ0) is 15.6. The molecule has 1 aromatic carbocycles. The summed E-state index contributed by atoms with van der Waals surface area (Å²) in [6, 6.07) is 5.06. The summed E-state index contributed by atoms with van der Waals surface area (Å²) in [7, 11) is 0. The number of hydrogen-bond acceptors (Lipinski definition) is 2. The number of rotatable bonds is 4. The molecule has 0 unspecified atom stereocenters. The summed E-state index contributed by atoms with van der Waals surface area (Å²) in [4.78, 5) is 4.36. The van der Waals surface area contributed by atoms with Crippen LogP contribution in [0.15, 0.2) is 30.5 Å². The van der Waals surface area contributed by atoms with Crippen molar-refractivity contribution in [1.82, 2.24) is 9.55 Å². The number of aryl methyl sites for hydroxylation is 1. The van der Waals surface area contributed by atoms with Crippen molar-refractivity contribution < 1.29 is 13.2 Å². The van der Waals surface area contributed by atoms with Crippen LogP contribution in [0.1, 0.15) is 25.1 Å². The van der Waals surface area contributed by atoms with Crippen LogP contribution in [0.25, 0.3) is 5.69 Å². The van der Waals surface area contributed by atoms with Gasteiger partial charge in [-0.25, -0.2) is 4.98 Å². The maximum absolute atomic E-state index is 12.6. The summed E-state index contributed by atoms with van der Waals surface area (Å²) in [6.07, 6.45) is -2.52. The van der Waals surface area contributed by atoms with Crippen LogP contribution in [0.3, 0.4) is 0 Å². The smallest absolute Gasteiger partial charge is 0.355 e. The highest BCUT2D eigenvalue weighted by molar-refractivity contribution is 5.44. The van der Waals surface area contributed by atoms with Gasteiger partial charge in [-0.05, 0) is 37.1 Å². The Bertz CT molecular complexity index is 598. The van der Waals surface area contributed by atoms with E-state index in [0.29, 0.717) is 17.6 Å². The normalized spacial score (nSPS) is 12.0. The van der Waals surface area contributed by atoms with Crippen LogP contribution in [0, 0.1) is 12.8 Å². The molecule has 3 nitrogen and oxygen atoms in total. The maximum atomic E-state index is 12.6. The lowest BCUT2D eigenvalue weighted by Gasteiger charge is -2.12. The Morgan fingerprint density at radius 2 is 1.81 bits per heavy atom. The topological polar surface area (TPSA) is 29.9 Å². The largest absolute Gasteiger partial charge is 0.416 e. The Kier molecular flexibility index (Phi) is 4.25. The molecule has 1 heterocycles. The Labute approximate surface area is 121 Å². The number of alkyl halides is 3. The van der Waals surface area contributed by atoms with Crippen molar-refractivity contribution in [1.29, 1.82) is 0 Å². The monoisotopic (exact) mass is 297 g/mol. The van der Waals surface area contributed by atoms with E-state index in [1.54, 1.807) is 10.8 Å². The van der Waals surface area contributed by atoms with Crippen LogP contribution >= 0.6 is 0 Å². The van der Waals surface area contributed by atoms with Gasteiger partial charge in [-0.2, -0.15) is 13.2 Å². The summed E-state index contributed by atoms with van der Waals surface area (Å²) in [5, 5.41) is 3.21. The molecule has 114 valence electrons. The highest BCUT2D eigenvalue weighted by atomic mass is 19.4. The van der Waals surface area contributed by atoms with Crippen LogP contribution < -0.4 is 5.32 Å². The van der Waals surface area contributed by atoms with E-state index in [0.717, 1.165) is 24.4 Å². The van der Waals surface area contributed by atoms with Gasteiger partial charge >= 0.3 is 6.18 Å². The Hall–Kier alpha value is -1.98. The molecule has 0 aliphatic carbocycles. The summed E-state index contributed by atoms with van der Waals surface area (Å²) < 4.78 is 39.5. The molecule has 0 fully saturated rings. The van der Waals surface area contributed by atoms with Crippen molar-refractivity contribution in [3.05, 3.63) is 41.7 Å². The summed E-state index contributed by atoms with van der Waals surface area (Å²) >= 11 is 0. The molecule has 0 saturated carbocycles. The predicted molar refractivity (Wildman–Crippen MR) is 76.6 cm³/mol. The molecular formula is C15H18F3N3. The van der Waals surface area contributed by atoms with Crippen molar-refractivity contribution >= 4 is 5.95 Å². The van der Waals surface area contributed by atoms with E-state index < -0.39 is 11.7 Å². The first-order valence-electron chi connectivity index (χ1n) is 6.75. The van der Waals surface area contributed by atoms with Crippen molar-refractivity contribution in [2.24, 2.45) is 5.92 Å². The molecule has 2 aromatic rings. The minimum Gasteiger partial charge on any atom is -0.355 e. The molecule has 0 aliphatic heterocycles. The van der Waals surface area contributed by atoms with Gasteiger partial charge in [0.15, 0.2) is 0 Å². The summed E-state index contributed by atoms with van der Waals surface area (Å²) in [5.74, 6) is 1.09. The maximum Gasteiger partial charge on any atom is 0.416 e. The molecule has 0 radical (unpaired) electrons. The minimum absolute atomic E-state index is 0.447. The number of imidazole rings is 1. The minimum atomic E-state index is -4.32. The van der Waals surface area contributed by atoms with Gasteiger partial charge in [0, 0.05) is 18.4 Å². The Balaban J connectivity index is 2.29. The molecule has 6 heteroatoms. The van der Waals surface area contributed by atoms with E-state index >= 15 is 0 Å². The molecule has 0 saturated heterocycles. The molecule has 0 amide bonds. The van der Waals surface area contributed by atoms with Gasteiger partial charge in [-0.3, -0.25) is 4.57 Å². The van der Waals surface area contributed by atoms with Crippen molar-refractivity contribution in [2.75, 3.05) is 11.9 Å². The van der Waals surface area contributed by atoms with Crippen LogP contribution in [-0.4, -0.2) is 16.1 Å². The summed E-state index contributed by atoms with van der Waals surface area (Å²) in [6.45, 7) is 6.74.